The van der Waals surface area contributed by atoms with Gasteiger partial charge < -0.3 is 15.0 Å². The molecule has 1 aromatic carbocycles. The van der Waals surface area contributed by atoms with Crippen LogP contribution in [-0.2, 0) is 4.79 Å². The van der Waals surface area contributed by atoms with Crippen molar-refractivity contribution in [3.05, 3.63) is 41.8 Å². The van der Waals surface area contributed by atoms with Gasteiger partial charge in [-0.2, -0.15) is 4.98 Å². The third-order valence-electron chi connectivity index (χ3n) is 3.74. The van der Waals surface area contributed by atoms with Crippen LogP contribution in [0.4, 0.5) is 17.2 Å². The van der Waals surface area contributed by atoms with Crippen LogP contribution in [0.2, 0.25) is 5.28 Å². The summed E-state index contributed by atoms with van der Waals surface area (Å²) in [7, 11) is 1.58. The number of hydrogen-bond donors (Lipinski definition) is 1. The predicted octanol–water partition coefficient (Wildman–Crippen LogP) is 2.78. The standard InChI is InChI=1S/C16H12ClN5O2/c1-24-9-4-5-12-11(7-9)19-13(23)8-22(12)15-14-10(3-2-6-18-14)20-16(17)21-15/h2-7H,8H2,1H3,(H,19,23). The average molecular weight is 342 g/mol. The van der Waals surface area contributed by atoms with E-state index in [1.54, 1.807) is 36.4 Å². The van der Waals surface area contributed by atoms with E-state index in [2.05, 4.69) is 20.3 Å². The quantitative estimate of drug-likeness (QED) is 0.722. The SMILES string of the molecule is COc1ccc2c(c1)NC(=O)CN2c1nc(Cl)nc2cccnc12. The van der Waals surface area contributed by atoms with Gasteiger partial charge in [-0.3, -0.25) is 9.78 Å². The molecule has 8 heteroatoms. The van der Waals surface area contributed by atoms with Gasteiger partial charge in [0, 0.05) is 12.3 Å². The van der Waals surface area contributed by atoms with E-state index in [0.717, 1.165) is 5.69 Å². The first kappa shape index (κ1) is 14.6. The molecule has 2 aromatic heterocycles. The number of fused-ring (bicyclic) bond motifs is 2. The highest BCUT2D eigenvalue weighted by molar-refractivity contribution is 6.28. The maximum Gasteiger partial charge on any atom is 0.244 e. The molecule has 3 heterocycles. The summed E-state index contributed by atoms with van der Waals surface area (Å²) in [5.41, 5.74) is 2.63. The largest absolute Gasteiger partial charge is 0.497 e. The summed E-state index contributed by atoms with van der Waals surface area (Å²) in [5, 5.41) is 2.94. The van der Waals surface area contributed by atoms with Gasteiger partial charge >= 0.3 is 0 Å². The van der Waals surface area contributed by atoms with E-state index >= 15 is 0 Å². The number of pyridine rings is 1. The van der Waals surface area contributed by atoms with Gasteiger partial charge in [-0.25, -0.2) is 4.98 Å². The van der Waals surface area contributed by atoms with Gasteiger partial charge in [0.15, 0.2) is 5.82 Å². The second-order valence-corrected chi connectivity index (χ2v) is 5.54. The van der Waals surface area contributed by atoms with Crippen molar-refractivity contribution in [1.82, 2.24) is 15.0 Å². The lowest BCUT2D eigenvalue weighted by Crippen LogP contribution is -2.35. The molecule has 1 N–H and O–H groups in total. The Bertz CT molecular complexity index is 962. The van der Waals surface area contributed by atoms with Gasteiger partial charge in [0.2, 0.25) is 11.2 Å². The van der Waals surface area contributed by atoms with Crippen LogP contribution in [0.5, 0.6) is 5.75 Å². The number of amides is 1. The summed E-state index contributed by atoms with van der Waals surface area (Å²) in [6.07, 6.45) is 1.65. The maximum atomic E-state index is 12.1. The van der Waals surface area contributed by atoms with Crippen molar-refractivity contribution in [1.29, 1.82) is 0 Å². The number of methoxy groups -OCH3 is 1. The molecule has 0 atom stereocenters. The van der Waals surface area contributed by atoms with Crippen molar-refractivity contribution in [3.63, 3.8) is 0 Å². The first-order chi connectivity index (χ1) is 11.7. The molecular weight excluding hydrogens is 330 g/mol. The number of nitrogens with one attached hydrogen (secondary N) is 1. The molecule has 1 amide bonds. The summed E-state index contributed by atoms with van der Waals surface area (Å²) in [6.45, 7) is 0.109. The molecular formula is C16H12ClN5O2. The summed E-state index contributed by atoms with van der Waals surface area (Å²) in [4.78, 5) is 26.7. The minimum absolute atomic E-state index is 0.103. The molecule has 1 aliphatic heterocycles. The zero-order valence-corrected chi connectivity index (χ0v) is 13.4. The van der Waals surface area contributed by atoms with Crippen LogP contribution in [0.15, 0.2) is 36.5 Å². The molecule has 0 saturated carbocycles. The third kappa shape index (κ3) is 2.39. The van der Waals surface area contributed by atoms with Crippen molar-refractivity contribution in [2.24, 2.45) is 0 Å². The van der Waals surface area contributed by atoms with Crippen LogP contribution in [0.1, 0.15) is 0 Å². The Balaban J connectivity index is 1.94. The number of aromatic nitrogens is 3. The van der Waals surface area contributed by atoms with Gasteiger partial charge in [0.25, 0.3) is 0 Å². The van der Waals surface area contributed by atoms with Crippen LogP contribution in [0.25, 0.3) is 11.0 Å². The Kier molecular flexibility index (Phi) is 3.42. The molecule has 0 spiro atoms. The van der Waals surface area contributed by atoms with Crippen LogP contribution in [-0.4, -0.2) is 34.5 Å². The number of ether oxygens (including phenoxy) is 1. The molecule has 0 unspecified atom stereocenters. The van der Waals surface area contributed by atoms with E-state index in [9.17, 15) is 4.79 Å². The monoisotopic (exact) mass is 341 g/mol. The zero-order chi connectivity index (χ0) is 16.7. The van der Waals surface area contributed by atoms with Crippen molar-refractivity contribution >= 4 is 45.7 Å². The van der Waals surface area contributed by atoms with E-state index in [4.69, 9.17) is 16.3 Å². The lowest BCUT2D eigenvalue weighted by atomic mass is 10.1. The first-order valence-electron chi connectivity index (χ1n) is 7.19. The fraction of sp³-hybridized carbons (Fsp3) is 0.125. The predicted molar refractivity (Wildman–Crippen MR) is 91.0 cm³/mol. The molecule has 120 valence electrons. The first-order valence-corrected chi connectivity index (χ1v) is 7.57. The molecule has 0 aliphatic carbocycles. The Morgan fingerprint density at radius 3 is 3.00 bits per heavy atom. The van der Waals surface area contributed by atoms with E-state index in [-0.39, 0.29) is 17.7 Å². The number of carbonyl (C=O) groups excluding carboxylic acids is 1. The third-order valence-corrected chi connectivity index (χ3v) is 3.90. The fourth-order valence-corrected chi connectivity index (χ4v) is 2.87. The number of rotatable bonds is 2. The van der Waals surface area contributed by atoms with Crippen molar-refractivity contribution in [3.8, 4) is 5.75 Å². The molecule has 1 aliphatic rings. The Hall–Kier alpha value is -2.93. The maximum absolute atomic E-state index is 12.1. The van der Waals surface area contributed by atoms with E-state index in [1.807, 2.05) is 12.1 Å². The molecule has 0 bridgehead atoms. The van der Waals surface area contributed by atoms with E-state index in [1.165, 1.54) is 0 Å². The highest BCUT2D eigenvalue weighted by Gasteiger charge is 2.27. The molecule has 24 heavy (non-hydrogen) atoms. The normalized spacial score (nSPS) is 13.6. The van der Waals surface area contributed by atoms with Crippen molar-refractivity contribution in [2.75, 3.05) is 23.9 Å². The second kappa shape index (κ2) is 5.61. The average Bonchev–Trinajstić information content (AvgIpc) is 2.59. The minimum atomic E-state index is -0.158. The van der Waals surface area contributed by atoms with Crippen LogP contribution in [0, 0.1) is 0 Å². The lowest BCUT2D eigenvalue weighted by molar-refractivity contribution is -0.115. The van der Waals surface area contributed by atoms with Crippen molar-refractivity contribution in [2.45, 2.75) is 0 Å². The lowest BCUT2D eigenvalue weighted by Gasteiger charge is -2.30. The Labute approximate surface area is 142 Å². The molecule has 0 radical (unpaired) electrons. The summed E-state index contributed by atoms with van der Waals surface area (Å²) in [5.74, 6) is 0.987. The highest BCUT2D eigenvalue weighted by Crippen LogP contribution is 2.38. The van der Waals surface area contributed by atoms with Gasteiger partial charge in [0.05, 0.1) is 24.0 Å². The van der Waals surface area contributed by atoms with Gasteiger partial charge in [-0.1, -0.05) is 0 Å². The summed E-state index contributed by atoms with van der Waals surface area (Å²) < 4.78 is 5.22. The Morgan fingerprint density at radius 1 is 1.29 bits per heavy atom. The van der Waals surface area contributed by atoms with Gasteiger partial charge in [-0.05, 0) is 35.9 Å². The summed E-state index contributed by atoms with van der Waals surface area (Å²) >= 11 is 6.06. The number of benzene rings is 1. The highest BCUT2D eigenvalue weighted by atomic mass is 35.5. The smallest absolute Gasteiger partial charge is 0.244 e. The Morgan fingerprint density at radius 2 is 2.17 bits per heavy atom. The molecule has 7 nitrogen and oxygen atoms in total. The van der Waals surface area contributed by atoms with Crippen molar-refractivity contribution < 1.29 is 9.53 Å². The number of carbonyl (C=O) groups is 1. The molecule has 0 saturated heterocycles. The summed E-state index contributed by atoms with van der Waals surface area (Å²) in [6, 6.07) is 9.02. The number of hydrogen-bond acceptors (Lipinski definition) is 6. The molecule has 4 rings (SSSR count). The zero-order valence-electron chi connectivity index (χ0n) is 12.7. The number of anilines is 3. The molecule has 0 fully saturated rings. The minimum Gasteiger partial charge on any atom is -0.497 e. The van der Waals surface area contributed by atoms with E-state index < -0.39 is 0 Å². The van der Waals surface area contributed by atoms with Crippen LogP contribution < -0.4 is 15.0 Å². The van der Waals surface area contributed by atoms with E-state index in [0.29, 0.717) is 28.3 Å². The number of halogens is 1. The van der Waals surface area contributed by atoms with Crippen LogP contribution in [0.3, 0.4) is 0 Å². The topological polar surface area (TPSA) is 80.2 Å². The fourth-order valence-electron chi connectivity index (χ4n) is 2.70. The van der Waals surface area contributed by atoms with Crippen LogP contribution >= 0.6 is 11.6 Å². The second-order valence-electron chi connectivity index (χ2n) is 5.20. The number of nitrogens with zero attached hydrogens (tertiary/aromatic N) is 4. The van der Waals surface area contributed by atoms with Gasteiger partial charge in [-0.15, -0.1) is 0 Å². The molecule has 3 aromatic rings. The van der Waals surface area contributed by atoms with Gasteiger partial charge in [0.1, 0.15) is 17.8 Å².